The van der Waals surface area contributed by atoms with Gasteiger partial charge in [-0.1, -0.05) is 11.6 Å². The predicted molar refractivity (Wildman–Crippen MR) is 111 cm³/mol. The van der Waals surface area contributed by atoms with Gasteiger partial charge >= 0.3 is 0 Å². The second-order valence-corrected chi connectivity index (χ2v) is 8.30. The molecular formula is C19H18ClFN4O4S. The van der Waals surface area contributed by atoms with Gasteiger partial charge in [0.05, 0.1) is 31.5 Å². The molecule has 158 valence electrons. The molecule has 1 heterocycles. The molecule has 11 heteroatoms. The lowest BCUT2D eigenvalue weighted by Crippen LogP contribution is -2.32. The first kappa shape index (κ1) is 21.6. The molecule has 1 aromatic heterocycles. The number of sulfonamides is 1. The predicted octanol–water partition coefficient (Wildman–Crippen LogP) is 3.26. The summed E-state index contributed by atoms with van der Waals surface area (Å²) in [5, 5.41) is -0.0837. The number of nitrogens with zero attached hydrogens (tertiary/aromatic N) is 3. The van der Waals surface area contributed by atoms with E-state index in [0.717, 1.165) is 16.4 Å². The molecule has 3 aromatic rings. The van der Waals surface area contributed by atoms with Crippen LogP contribution in [0.15, 0.2) is 53.8 Å². The molecule has 0 aliphatic heterocycles. The first-order valence-corrected chi connectivity index (χ1v) is 10.3. The molecule has 2 N–H and O–H groups in total. The van der Waals surface area contributed by atoms with Gasteiger partial charge in [-0.15, -0.1) is 0 Å². The summed E-state index contributed by atoms with van der Waals surface area (Å²) in [6, 6.07) is 8.14. The van der Waals surface area contributed by atoms with Gasteiger partial charge in [0.1, 0.15) is 34.4 Å². The zero-order chi connectivity index (χ0) is 21.9. The van der Waals surface area contributed by atoms with E-state index in [1.165, 1.54) is 32.8 Å². The molecule has 0 aliphatic carbocycles. The van der Waals surface area contributed by atoms with E-state index >= 15 is 0 Å². The Morgan fingerprint density at radius 1 is 1.17 bits per heavy atom. The van der Waals surface area contributed by atoms with Crippen molar-refractivity contribution in [2.75, 3.05) is 24.3 Å². The van der Waals surface area contributed by atoms with Crippen LogP contribution in [-0.2, 0) is 16.6 Å². The topological polar surface area (TPSA) is 108 Å². The van der Waals surface area contributed by atoms with Crippen LogP contribution in [0.1, 0.15) is 5.56 Å². The summed E-state index contributed by atoms with van der Waals surface area (Å²) in [6.07, 6.45) is 2.57. The summed E-state index contributed by atoms with van der Waals surface area (Å²) in [6.45, 7) is -0.200. The smallest absolute Gasteiger partial charge is 0.268 e. The quantitative estimate of drug-likeness (QED) is 0.548. The number of ether oxygens (including phenoxy) is 2. The normalized spacial score (nSPS) is 11.2. The Kier molecular flexibility index (Phi) is 6.28. The Morgan fingerprint density at radius 3 is 2.57 bits per heavy atom. The Bertz CT molecular complexity index is 1160. The van der Waals surface area contributed by atoms with Crippen LogP contribution in [0.3, 0.4) is 0 Å². The molecule has 0 bridgehead atoms. The molecule has 2 aromatic carbocycles. The third kappa shape index (κ3) is 4.24. The number of rotatable bonds is 7. The molecule has 0 fully saturated rings. The number of nitrogen functional groups attached to an aromatic ring is 1. The molecule has 0 aliphatic rings. The summed E-state index contributed by atoms with van der Waals surface area (Å²) >= 11 is 5.95. The van der Waals surface area contributed by atoms with Crippen molar-refractivity contribution in [1.29, 1.82) is 0 Å². The van der Waals surface area contributed by atoms with Crippen molar-refractivity contribution in [2.24, 2.45) is 0 Å². The zero-order valence-electron chi connectivity index (χ0n) is 16.0. The number of hydrogen-bond donors (Lipinski definition) is 1. The van der Waals surface area contributed by atoms with Gasteiger partial charge in [0.25, 0.3) is 10.0 Å². The van der Waals surface area contributed by atoms with Crippen molar-refractivity contribution in [1.82, 2.24) is 9.97 Å². The maximum Gasteiger partial charge on any atom is 0.268 e. The lowest BCUT2D eigenvalue weighted by Gasteiger charge is -2.24. The maximum atomic E-state index is 14.6. The fraction of sp³-hybridized carbons (Fsp3) is 0.158. The largest absolute Gasteiger partial charge is 0.497 e. The molecular weight excluding hydrogens is 435 g/mol. The van der Waals surface area contributed by atoms with Crippen molar-refractivity contribution in [3.05, 3.63) is 65.3 Å². The molecule has 0 saturated carbocycles. The summed E-state index contributed by atoms with van der Waals surface area (Å²) < 4.78 is 52.8. The standard InChI is InChI=1S/C19H18ClFN4O4S/c1-28-13-4-3-12(17(7-13)29-2)10-25(19-5-6-23-11-24-19)30(26,27)18-8-14(20)16(22)9-15(18)21/h3-9,11H,10,22H2,1-2H3. The van der Waals surface area contributed by atoms with Gasteiger partial charge in [0.15, 0.2) is 0 Å². The van der Waals surface area contributed by atoms with E-state index in [1.54, 1.807) is 18.2 Å². The molecule has 30 heavy (non-hydrogen) atoms. The molecule has 0 atom stereocenters. The molecule has 0 saturated heterocycles. The summed E-state index contributed by atoms with van der Waals surface area (Å²) in [7, 11) is -1.48. The number of benzene rings is 2. The van der Waals surface area contributed by atoms with E-state index in [9.17, 15) is 12.8 Å². The molecule has 0 unspecified atom stereocenters. The van der Waals surface area contributed by atoms with Crippen LogP contribution in [0.4, 0.5) is 15.9 Å². The second kappa shape index (κ2) is 8.72. The highest BCUT2D eigenvalue weighted by Gasteiger charge is 2.30. The Hall–Kier alpha value is -3.11. The molecule has 0 amide bonds. The number of hydrogen-bond acceptors (Lipinski definition) is 7. The van der Waals surface area contributed by atoms with Crippen LogP contribution in [0.5, 0.6) is 11.5 Å². The lowest BCUT2D eigenvalue weighted by molar-refractivity contribution is 0.391. The average molecular weight is 453 g/mol. The third-order valence-electron chi connectivity index (χ3n) is 4.25. The van der Waals surface area contributed by atoms with E-state index in [2.05, 4.69) is 9.97 Å². The van der Waals surface area contributed by atoms with Crippen LogP contribution in [0, 0.1) is 5.82 Å². The minimum atomic E-state index is -4.42. The van der Waals surface area contributed by atoms with E-state index in [-0.39, 0.29) is 23.1 Å². The van der Waals surface area contributed by atoms with Crippen LogP contribution in [0.25, 0.3) is 0 Å². The first-order valence-electron chi connectivity index (χ1n) is 8.52. The molecule has 0 radical (unpaired) electrons. The summed E-state index contributed by atoms with van der Waals surface area (Å²) in [5.41, 5.74) is 6.01. The monoisotopic (exact) mass is 452 g/mol. The van der Waals surface area contributed by atoms with Crippen molar-refractivity contribution < 1.29 is 22.3 Å². The van der Waals surface area contributed by atoms with Crippen LogP contribution < -0.4 is 19.5 Å². The van der Waals surface area contributed by atoms with Gasteiger partial charge in [-0.3, -0.25) is 0 Å². The van der Waals surface area contributed by atoms with Gasteiger partial charge < -0.3 is 15.2 Å². The molecule has 0 spiro atoms. The lowest BCUT2D eigenvalue weighted by atomic mass is 10.2. The van der Waals surface area contributed by atoms with Crippen molar-refractivity contribution in [3.8, 4) is 11.5 Å². The SMILES string of the molecule is COc1ccc(CN(c2ccncn2)S(=O)(=O)c2cc(Cl)c(N)cc2F)c(OC)c1. The third-order valence-corrected chi connectivity index (χ3v) is 6.34. The number of halogens is 2. The van der Waals surface area contributed by atoms with Gasteiger partial charge in [0.2, 0.25) is 0 Å². The fourth-order valence-electron chi connectivity index (χ4n) is 2.72. The van der Waals surface area contributed by atoms with Crippen LogP contribution in [-0.4, -0.2) is 32.6 Å². The van der Waals surface area contributed by atoms with Crippen LogP contribution >= 0.6 is 11.6 Å². The zero-order valence-corrected chi connectivity index (χ0v) is 17.6. The fourth-order valence-corrected chi connectivity index (χ4v) is 4.42. The second-order valence-electron chi connectivity index (χ2n) is 6.06. The highest BCUT2D eigenvalue weighted by Crippen LogP contribution is 2.33. The Balaban J connectivity index is 2.14. The number of methoxy groups -OCH3 is 2. The summed E-state index contributed by atoms with van der Waals surface area (Å²) in [4.78, 5) is 7.19. The minimum Gasteiger partial charge on any atom is -0.497 e. The number of aromatic nitrogens is 2. The molecule has 3 rings (SSSR count). The first-order chi connectivity index (χ1) is 14.3. The Labute approximate surface area is 178 Å². The van der Waals surface area contributed by atoms with E-state index < -0.39 is 20.7 Å². The number of nitrogens with two attached hydrogens (primary N) is 1. The van der Waals surface area contributed by atoms with E-state index in [0.29, 0.717) is 17.1 Å². The van der Waals surface area contributed by atoms with E-state index in [1.807, 2.05) is 0 Å². The van der Waals surface area contributed by atoms with Gasteiger partial charge in [-0.05, 0) is 24.3 Å². The van der Waals surface area contributed by atoms with Gasteiger partial charge in [-0.25, -0.2) is 27.1 Å². The van der Waals surface area contributed by atoms with Crippen molar-refractivity contribution in [2.45, 2.75) is 11.4 Å². The van der Waals surface area contributed by atoms with Crippen LogP contribution in [0.2, 0.25) is 5.02 Å². The Morgan fingerprint density at radius 2 is 1.93 bits per heavy atom. The summed E-state index contributed by atoms with van der Waals surface area (Å²) in [5.74, 6) is -0.0734. The van der Waals surface area contributed by atoms with Gasteiger partial charge in [0, 0.05) is 23.9 Å². The highest BCUT2D eigenvalue weighted by molar-refractivity contribution is 7.92. The molecule has 8 nitrogen and oxygen atoms in total. The van der Waals surface area contributed by atoms with Crippen molar-refractivity contribution in [3.63, 3.8) is 0 Å². The van der Waals surface area contributed by atoms with Crippen molar-refractivity contribution >= 4 is 33.1 Å². The number of anilines is 2. The highest BCUT2D eigenvalue weighted by atomic mass is 35.5. The van der Waals surface area contributed by atoms with Gasteiger partial charge in [-0.2, -0.15) is 0 Å². The van der Waals surface area contributed by atoms with E-state index in [4.69, 9.17) is 26.8 Å². The average Bonchev–Trinajstić information content (AvgIpc) is 2.74. The maximum absolute atomic E-state index is 14.6. The minimum absolute atomic E-state index is 0.0372.